The number of rotatable bonds is 0. The number of halogens is 2. The van der Waals surface area contributed by atoms with Gasteiger partial charge in [0.05, 0.1) is 11.7 Å². The summed E-state index contributed by atoms with van der Waals surface area (Å²) < 4.78 is 28.9. The first-order valence-electron chi connectivity index (χ1n) is 2.69. The van der Waals surface area contributed by atoms with E-state index in [2.05, 4.69) is 4.74 Å². The quantitative estimate of drug-likeness (QED) is 0.493. The standard InChI is InChI=1S/C6H8F2O/c1-5(2)3-4-9-6(5,7)8/h3-4H,1-2H3. The third kappa shape index (κ3) is 0.802. The minimum absolute atomic E-state index is 1.04. The highest BCUT2D eigenvalue weighted by atomic mass is 19.3. The lowest BCUT2D eigenvalue weighted by atomic mass is 9.94. The van der Waals surface area contributed by atoms with E-state index in [1.165, 1.54) is 19.9 Å². The second-order valence-corrected chi connectivity index (χ2v) is 2.66. The van der Waals surface area contributed by atoms with Crippen molar-refractivity contribution < 1.29 is 13.5 Å². The molecule has 0 aliphatic carbocycles. The average molecular weight is 134 g/mol. The molecule has 3 heteroatoms. The molecular weight excluding hydrogens is 126 g/mol. The molecule has 0 saturated carbocycles. The fourth-order valence-electron chi connectivity index (χ4n) is 0.538. The third-order valence-electron chi connectivity index (χ3n) is 1.45. The van der Waals surface area contributed by atoms with Gasteiger partial charge in [0, 0.05) is 0 Å². The van der Waals surface area contributed by atoms with Crippen molar-refractivity contribution in [1.82, 2.24) is 0 Å². The molecule has 0 saturated heterocycles. The van der Waals surface area contributed by atoms with Gasteiger partial charge in [-0.2, -0.15) is 8.78 Å². The van der Waals surface area contributed by atoms with E-state index in [0.717, 1.165) is 6.26 Å². The minimum Gasteiger partial charge on any atom is -0.440 e. The summed E-state index contributed by atoms with van der Waals surface area (Å²) in [5.74, 6) is 0. The molecule has 1 aliphatic rings. The van der Waals surface area contributed by atoms with Crippen molar-refractivity contribution in [3.63, 3.8) is 0 Å². The molecule has 0 radical (unpaired) electrons. The summed E-state index contributed by atoms with van der Waals surface area (Å²) in [6.45, 7) is 2.85. The number of hydrogen-bond acceptors (Lipinski definition) is 1. The maximum Gasteiger partial charge on any atom is 0.406 e. The normalized spacial score (nSPS) is 28.0. The van der Waals surface area contributed by atoms with Gasteiger partial charge in [0.2, 0.25) is 0 Å². The van der Waals surface area contributed by atoms with Crippen LogP contribution in [0, 0.1) is 5.41 Å². The van der Waals surface area contributed by atoms with Gasteiger partial charge in [-0.25, -0.2) is 0 Å². The molecule has 0 aromatic heterocycles. The highest BCUT2D eigenvalue weighted by Crippen LogP contribution is 2.42. The largest absolute Gasteiger partial charge is 0.440 e. The molecule has 52 valence electrons. The zero-order valence-electron chi connectivity index (χ0n) is 5.32. The number of hydrogen-bond donors (Lipinski definition) is 0. The molecule has 0 N–H and O–H groups in total. The highest BCUT2D eigenvalue weighted by Gasteiger charge is 2.50. The van der Waals surface area contributed by atoms with E-state index in [1.54, 1.807) is 0 Å². The Morgan fingerprint density at radius 1 is 1.33 bits per heavy atom. The topological polar surface area (TPSA) is 9.23 Å². The zero-order chi connectivity index (χ0) is 7.12. The van der Waals surface area contributed by atoms with Crippen LogP contribution in [0.25, 0.3) is 0 Å². The first-order valence-corrected chi connectivity index (χ1v) is 2.69. The zero-order valence-corrected chi connectivity index (χ0v) is 5.32. The number of ether oxygens (including phenoxy) is 1. The van der Waals surface area contributed by atoms with Crippen LogP contribution in [0.3, 0.4) is 0 Å². The van der Waals surface area contributed by atoms with Gasteiger partial charge in [0.25, 0.3) is 0 Å². The summed E-state index contributed by atoms with van der Waals surface area (Å²) in [6.07, 6.45) is -0.625. The Kier molecular flexibility index (Phi) is 1.06. The predicted molar refractivity (Wildman–Crippen MR) is 29.0 cm³/mol. The van der Waals surface area contributed by atoms with Gasteiger partial charge in [0.1, 0.15) is 0 Å². The molecule has 1 rings (SSSR count). The lowest BCUT2D eigenvalue weighted by molar-refractivity contribution is -0.241. The lowest BCUT2D eigenvalue weighted by Gasteiger charge is -2.22. The molecular formula is C6H8F2O. The van der Waals surface area contributed by atoms with Gasteiger partial charge < -0.3 is 4.74 Å². The lowest BCUT2D eigenvalue weighted by Crippen LogP contribution is -2.31. The van der Waals surface area contributed by atoms with Crippen molar-refractivity contribution in [3.8, 4) is 0 Å². The van der Waals surface area contributed by atoms with Crippen molar-refractivity contribution >= 4 is 0 Å². The summed E-state index contributed by atoms with van der Waals surface area (Å²) in [6, 6.07) is 0. The van der Waals surface area contributed by atoms with E-state index in [0.29, 0.717) is 0 Å². The van der Waals surface area contributed by atoms with Crippen LogP contribution in [0.15, 0.2) is 12.3 Å². The molecule has 9 heavy (non-hydrogen) atoms. The molecule has 0 atom stereocenters. The SMILES string of the molecule is CC1(C)C=COC1(F)F. The molecule has 0 amide bonds. The van der Waals surface area contributed by atoms with Crippen LogP contribution in [0.4, 0.5) is 8.78 Å². The van der Waals surface area contributed by atoms with E-state index in [4.69, 9.17) is 0 Å². The molecule has 1 heterocycles. The molecule has 0 spiro atoms. The predicted octanol–water partition coefficient (Wildman–Crippen LogP) is 2.15. The first-order chi connectivity index (χ1) is 3.96. The van der Waals surface area contributed by atoms with E-state index in [-0.39, 0.29) is 0 Å². The monoisotopic (exact) mass is 134 g/mol. The summed E-state index contributed by atoms with van der Waals surface area (Å²) in [5.41, 5.74) is -1.15. The maximum atomic E-state index is 12.4. The van der Waals surface area contributed by atoms with Crippen molar-refractivity contribution in [2.45, 2.75) is 20.0 Å². The molecule has 0 aromatic rings. The summed E-state index contributed by atoms with van der Waals surface area (Å²) in [5, 5.41) is 0. The second-order valence-electron chi connectivity index (χ2n) is 2.66. The Morgan fingerprint density at radius 2 is 1.89 bits per heavy atom. The van der Waals surface area contributed by atoms with E-state index >= 15 is 0 Å². The van der Waals surface area contributed by atoms with Gasteiger partial charge in [-0.1, -0.05) is 0 Å². The van der Waals surface area contributed by atoms with Gasteiger partial charge in [0.15, 0.2) is 0 Å². The van der Waals surface area contributed by atoms with Crippen LogP contribution < -0.4 is 0 Å². The van der Waals surface area contributed by atoms with Crippen LogP contribution in [0.1, 0.15) is 13.8 Å². The minimum atomic E-state index is -3.02. The molecule has 1 aliphatic heterocycles. The second kappa shape index (κ2) is 1.46. The van der Waals surface area contributed by atoms with Crippen molar-refractivity contribution in [2.75, 3.05) is 0 Å². The molecule has 0 unspecified atom stereocenters. The molecule has 0 bridgehead atoms. The van der Waals surface area contributed by atoms with Crippen molar-refractivity contribution in [3.05, 3.63) is 12.3 Å². The van der Waals surface area contributed by atoms with Crippen molar-refractivity contribution in [2.24, 2.45) is 5.41 Å². The Hall–Kier alpha value is -0.600. The van der Waals surface area contributed by atoms with Crippen LogP contribution >= 0.6 is 0 Å². The molecule has 0 aromatic carbocycles. The highest BCUT2D eigenvalue weighted by molar-refractivity contribution is 5.02. The first kappa shape index (κ1) is 6.52. The summed E-state index contributed by atoms with van der Waals surface area (Å²) in [7, 11) is 0. The third-order valence-corrected chi connectivity index (χ3v) is 1.45. The smallest absolute Gasteiger partial charge is 0.406 e. The Balaban J connectivity index is 2.84. The fraction of sp³-hybridized carbons (Fsp3) is 0.667. The van der Waals surface area contributed by atoms with Gasteiger partial charge in [-0.3, -0.25) is 0 Å². The Labute approximate surface area is 52.3 Å². The average Bonchev–Trinajstić information content (AvgIpc) is 1.81. The Morgan fingerprint density at radius 3 is 2.00 bits per heavy atom. The van der Waals surface area contributed by atoms with Crippen LogP contribution in [0.2, 0.25) is 0 Å². The van der Waals surface area contributed by atoms with Crippen LogP contribution in [0.5, 0.6) is 0 Å². The van der Waals surface area contributed by atoms with Gasteiger partial charge in [-0.05, 0) is 19.9 Å². The van der Waals surface area contributed by atoms with Crippen molar-refractivity contribution in [1.29, 1.82) is 0 Å². The fourth-order valence-corrected chi connectivity index (χ4v) is 0.538. The van der Waals surface area contributed by atoms with E-state index < -0.39 is 11.5 Å². The summed E-state index contributed by atoms with van der Waals surface area (Å²) >= 11 is 0. The Bertz CT molecular complexity index is 149. The van der Waals surface area contributed by atoms with Crippen LogP contribution in [-0.4, -0.2) is 6.11 Å². The van der Waals surface area contributed by atoms with Crippen LogP contribution in [-0.2, 0) is 4.74 Å². The van der Waals surface area contributed by atoms with Gasteiger partial charge in [-0.15, -0.1) is 0 Å². The molecule has 0 fully saturated rings. The van der Waals surface area contributed by atoms with Gasteiger partial charge >= 0.3 is 6.11 Å². The molecule has 1 nitrogen and oxygen atoms in total. The van der Waals surface area contributed by atoms with E-state index in [1.807, 2.05) is 0 Å². The summed E-state index contributed by atoms with van der Waals surface area (Å²) in [4.78, 5) is 0. The number of alkyl halides is 2. The maximum absolute atomic E-state index is 12.4. The van der Waals surface area contributed by atoms with E-state index in [9.17, 15) is 8.78 Å².